The van der Waals surface area contributed by atoms with Crippen LogP contribution in [0.5, 0.6) is 0 Å². The zero-order valence-corrected chi connectivity index (χ0v) is 13.7. The topological polar surface area (TPSA) is 39.6 Å². The Labute approximate surface area is 128 Å². The van der Waals surface area contributed by atoms with E-state index in [-0.39, 0.29) is 6.61 Å². The first-order chi connectivity index (χ1) is 10.1. The van der Waals surface area contributed by atoms with Crippen molar-refractivity contribution in [1.29, 1.82) is 0 Å². The van der Waals surface area contributed by atoms with E-state index in [2.05, 4.69) is 30.8 Å². The molecule has 2 rings (SSSR count). The van der Waals surface area contributed by atoms with Gasteiger partial charge in [0, 0.05) is 25.3 Å². The standard InChI is InChI=1S/C17H29N3O/c1-4-5-16-10-15(13-21)11-17(18-16)20-8-6-14(7-9-20)12-19(2)3/h10-11,14,21H,4-9,12-13H2,1-3H3. The van der Waals surface area contributed by atoms with Crippen LogP contribution < -0.4 is 4.90 Å². The smallest absolute Gasteiger partial charge is 0.129 e. The van der Waals surface area contributed by atoms with E-state index in [4.69, 9.17) is 4.98 Å². The van der Waals surface area contributed by atoms with E-state index in [1.54, 1.807) is 0 Å². The van der Waals surface area contributed by atoms with Gasteiger partial charge in [-0.2, -0.15) is 0 Å². The van der Waals surface area contributed by atoms with Gasteiger partial charge in [0.05, 0.1) is 6.61 Å². The SMILES string of the molecule is CCCc1cc(CO)cc(N2CCC(CN(C)C)CC2)n1. The van der Waals surface area contributed by atoms with Crippen LogP contribution in [0.25, 0.3) is 0 Å². The highest BCUT2D eigenvalue weighted by molar-refractivity contribution is 5.43. The molecule has 118 valence electrons. The lowest BCUT2D eigenvalue weighted by Crippen LogP contribution is -2.37. The summed E-state index contributed by atoms with van der Waals surface area (Å²) in [5, 5.41) is 9.44. The summed E-state index contributed by atoms with van der Waals surface area (Å²) in [6.07, 6.45) is 4.53. The van der Waals surface area contributed by atoms with Crippen LogP contribution in [0, 0.1) is 5.92 Å². The monoisotopic (exact) mass is 291 g/mol. The second-order valence-corrected chi connectivity index (χ2v) is 6.43. The number of hydrogen-bond acceptors (Lipinski definition) is 4. The summed E-state index contributed by atoms with van der Waals surface area (Å²) in [5.74, 6) is 1.85. The molecule has 0 bridgehead atoms. The van der Waals surface area contributed by atoms with Crippen LogP contribution in [-0.4, -0.2) is 48.7 Å². The van der Waals surface area contributed by atoms with Crippen molar-refractivity contribution in [1.82, 2.24) is 9.88 Å². The highest BCUT2D eigenvalue weighted by atomic mass is 16.3. The molecule has 0 saturated carbocycles. The minimum atomic E-state index is 0.101. The van der Waals surface area contributed by atoms with Crippen molar-refractivity contribution in [3.8, 4) is 0 Å². The molecule has 0 amide bonds. The van der Waals surface area contributed by atoms with Crippen molar-refractivity contribution in [2.24, 2.45) is 5.92 Å². The van der Waals surface area contributed by atoms with Crippen molar-refractivity contribution in [2.45, 2.75) is 39.2 Å². The predicted octanol–water partition coefficient (Wildman–Crippen LogP) is 2.30. The summed E-state index contributed by atoms with van der Waals surface area (Å²) in [4.78, 5) is 9.45. The number of nitrogens with zero attached hydrogens (tertiary/aromatic N) is 3. The van der Waals surface area contributed by atoms with Crippen LogP contribution in [0.4, 0.5) is 5.82 Å². The fourth-order valence-corrected chi connectivity index (χ4v) is 3.13. The van der Waals surface area contributed by atoms with Gasteiger partial charge in [-0.3, -0.25) is 0 Å². The Morgan fingerprint density at radius 2 is 2.00 bits per heavy atom. The summed E-state index contributed by atoms with van der Waals surface area (Å²) in [6.45, 7) is 5.60. The van der Waals surface area contributed by atoms with Gasteiger partial charge in [0.1, 0.15) is 5.82 Å². The summed E-state index contributed by atoms with van der Waals surface area (Å²) in [5.41, 5.74) is 2.09. The van der Waals surface area contributed by atoms with Crippen LogP contribution in [0.15, 0.2) is 12.1 Å². The Hall–Kier alpha value is -1.13. The molecule has 0 aromatic carbocycles. The number of aliphatic hydroxyl groups is 1. The number of aliphatic hydroxyl groups excluding tert-OH is 1. The van der Waals surface area contributed by atoms with Gasteiger partial charge in [-0.15, -0.1) is 0 Å². The lowest BCUT2D eigenvalue weighted by Gasteiger charge is -2.34. The summed E-state index contributed by atoms with van der Waals surface area (Å²) in [7, 11) is 4.30. The van der Waals surface area contributed by atoms with Gasteiger partial charge < -0.3 is 14.9 Å². The van der Waals surface area contributed by atoms with Crippen LogP contribution in [0.3, 0.4) is 0 Å². The van der Waals surface area contributed by atoms with E-state index >= 15 is 0 Å². The predicted molar refractivity (Wildman–Crippen MR) is 87.6 cm³/mol. The number of hydrogen-bond donors (Lipinski definition) is 1. The van der Waals surface area contributed by atoms with Gasteiger partial charge in [0.2, 0.25) is 0 Å². The van der Waals surface area contributed by atoms with Gasteiger partial charge in [0.25, 0.3) is 0 Å². The molecule has 0 unspecified atom stereocenters. The molecule has 1 aliphatic rings. The first kappa shape index (κ1) is 16.2. The molecule has 1 aliphatic heterocycles. The zero-order chi connectivity index (χ0) is 15.2. The lowest BCUT2D eigenvalue weighted by molar-refractivity contribution is 0.280. The van der Waals surface area contributed by atoms with Crippen molar-refractivity contribution >= 4 is 5.82 Å². The second kappa shape index (κ2) is 7.76. The quantitative estimate of drug-likeness (QED) is 0.873. The maximum atomic E-state index is 9.44. The van der Waals surface area contributed by atoms with Crippen molar-refractivity contribution in [3.05, 3.63) is 23.4 Å². The van der Waals surface area contributed by atoms with Crippen molar-refractivity contribution in [2.75, 3.05) is 38.6 Å². The van der Waals surface area contributed by atoms with Gasteiger partial charge in [-0.25, -0.2) is 4.98 Å². The van der Waals surface area contributed by atoms with E-state index in [9.17, 15) is 5.11 Å². The van der Waals surface area contributed by atoms with Crippen LogP contribution >= 0.6 is 0 Å². The molecule has 21 heavy (non-hydrogen) atoms. The molecule has 1 aromatic rings. The number of rotatable bonds is 6. The average Bonchev–Trinajstić information content (AvgIpc) is 2.47. The minimum absolute atomic E-state index is 0.101. The summed E-state index contributed by atoms with van der Waals surface area (Å²) in [6, 6.07) is 4.08. The van der Waals surface area contributed by atoms with Crippen molar-refractivity contribution in [3.63, 3.8) is 0 Å². The van der Waals surface area contributed by atoms with E-state index in [0.29, 0.717) is 0 Å². The molecule has 0 spiro atoms. The molecule has 4 heteroatoms. The van der Waals surface area contributed by atoms with E-state index in [0.717, 1.165) is 48.9 Å². The molecular formula is C17H29N3O. The maximum absolute atomic E-state index is 9.44. The number of piperidine rings is 1. The average molecular weight is 291 g/mol. The lowest BCUT2D eigenvalue weighted by atomic mass is 9.96. The fraction of sp³-hybridized carbons (Fsp3) is 0.706. The first-order valence-corrected chi connectivity index (χ1v) is 8.12. The Kier molecular flexibility index (Phi) is 6.00. The van der Waals surface area contributed by atoms with Crippen LogP contribution in [0.1, 0.15) is 37.4 Å². The third-order valence-electron chi connectivity index (χ3n) is 4.18. The van der Waals surface area contributed by atoms with Crippen LogP contribution in [0.2, 0.25) is 0 Å². The largest absolute Gasteiger partial charge is 0.392 e. The highest BCUT2D eigenvalue weighted by Gasteiger charge is 2.21. The van der Waals surface area contributed by atoms with E-state index in [1.807, 2.05) is 12.1 Å². The third-order valence-corrected chi connectivity index (χ3v) is 4.18. The highest BCUT2D eigenvalue weighted by Crippen LogP contribution is 2.24. The fourth-order valence-electron chi connectivity index (χ4n) is 3.13. The molecule has 0 radical (unpaired) electrons. The number of aryl methyl sites for hydroxylation is 1. The van der Waals surface area contributed by atoms with Gasteiger partial charge >= 0.3 is 0 Å². The Morgan fingerprint density at radius 3 is 2.57 bits per heavy atom. The second-order valence-electron chi connectivity index (χ2n) is 6.43. The number of anilines is 1. The van der Waals surface area contributed by atoms with Crippen LogP contribution in [-0.2, 0) is 13.0 Å². The third kappa shape index (κ3) is 4.68. The maximum Gasteiger partial charge on any atom is 0.129 e. The van der Waals surface area contributed by atoms with Gasteiger partial charge in [0.15, 0.2) is 0 Å². The summed E-state index contributed by atoms with van der Waals surface area (Å²) >= 11 is 0. The molecule has 1 N–H and O–H groups in total. The number of aromatic nitrogens is 1. The first-order valence-electron chi connectivity index (χ1n) is 8.12. The minimum Gasteiger partial charge on any atom is -0.392 e. The molecule has 1 saturated heterocycles. The van der Waals surface area contributed by atoms with Gasteiger partial charge in [-0.1, -0.05) is 13.3 Å². The molecule has 4 nitrogen and oxygen atoms in total. The molecule has 0 atom stereocenters. The Balaban J connectivity index is 2.03. The molecule has 2 heterocycles. The number of pyridine rings is 1. The summed E-state index contributed by atoms with van der Waals surface area (Å²) < 4.78 is 0. The molecule has 0 aliphatic carbocycles. The Bertz CT molecular complexity index is 440. The molecule has 1 aromatic heterocycles. The molecule has 1 fully saturated rings. The Morgan fingerprint density at radius 1 is 1.29 bits per heavy atom. The van der Waals surface area contributed by atoms with E-state index < -0.39 is 0 Å². The zero-order valence-electron chi connectivity index (χ0n) is 13.7. The van der Waals surface area contributed by atoms with Crippen molar-refractivity contribution < 1.29 is 5.11 Å². The molecular weight excluding hydrogens is 262 g/mol. The van der Waals surface area contributed by atoms with Gasteiger partial charge in [-0.05, 0) is 57.0 Å². The van der Waals surface area contributed by atoms with E-state index in [1.165, 1.54) is 19.4 Å². The normalized spacial score (nSPS) is 16.7.